The van der Waals surface area contributed by atoms with Crippen molar-refractivity contribution >= 4 is 34.2 Å². The lowest BCUT2D eigenvalue weighted by Gasteiger charge is -2.33. The molecule has 1 saturated heterocycles. The molecular weight excluding hydrogens is 492 g/mol. The largest absolute Gasteiger partial charge is 0.495 e. The van der Waals surface area contributed by atoms with Crippen molar-refractivity contribution in [2.45, 2.75) is 33.7 Å². The number of anilines is 2. The van der Waals surface area contributed by atoms with Gasteiger partial charge in [0.15, 0.2) is 5.82 Å². The second kappa shape index (κ2) is 10.7. The molecule has 0 saturated carbocycles. The summed E-state index contributed by atoms with van der Waals surface area (Å²) in [7, 11) is 1.60. The molecule has 2 aromatic heterocycles. The van der Waals surface area contributed by atoms with Gasteiger partial charge in [0.1, 0.15) is 11.6 Å². The lowest BCUT2D eigenvalue weighted by atomic mass is 9.95. The number of carbonyl (C=O) groups excluding carboxylic acids is 2. The van der Waals surface area contributed by atoms with Gasteiger partial charge in [0.25, 0.3) is 5.91 Å². The topological polar surface area (TPSA) is 109 Å². The molecule has 0 radical (unpaired) electrons. The number of nitrogens with one attached hydrogen (secondary N) is 2. The van der Waals surface area contributed by atoms with Gasteiger partial charge in [0, 0.05) is 53.4 Å². The summed E-state index contributed by atoms with van der Waals surface area (Å²) in [6.45, 7) is 7.82. The molecule has 2 aromatic carbocycles. The molecule has 0 atom stereocenters. The van der Waals surface area contributed by atoms with Gasteiger partial charge in [-0.2, -0.15) is 0 Å². The summed E-state index contributed by atoms with van der Waals surface area (Å²) in [5, 5.41) is 6.83. The molecule has 5 rings (SSSR count). The molecule has 3 heterocycles. The first kappa shape index (κ1) is 26.1. The van der Waals surface area contributed by atoms with Crippen LogP contribution in [0.25, 0.3) is 22.3 Å². The van der Waals surface area contributed by atoms with Gasteiger partial charge < -0.3 is 20.3 Å². The summed E-state index contributed by atoms with van der Waals surface area (Å²) < 4.78 is 5.33. The van der Waals surface area contributed by atoms with Crippen LogP contribution < -0.4 is 20.3 Å². The molecule has 0 spiro atoms. The van der Waals surface area contributed by atoms with Crippen molar-refractivity contribution in [3.63, 3.8) is 0 Å². The number of pyridine rings is 1. The normalized spacial score (nSPS) is 13.1. The molecule has 2 N–H and O–H groups in total. The molecular formula is C30H32N6O3. The van der Waals surface area contributed by atoms with Crippen molar-refractivity contribution in [2.24, 2.45) is 5.41 Å². The minimum atomic E-state index is -0.479. The summed E-state index contributed by atoms with van der Waals surface area (Å²) in [4.78, 5) is 41.5. The van der Waals surface area contributed by atoms with E-state index in [0.29, 0.717) is 29.4 Å². The lowest BCUT2D eigenvalue weighted by molar-refractivity contribution is -0.128. The molecule has 0 bridgehead atoms. The highest BCUT2D eigenvalue weighted by Crippen LogP contribution is 2.32. The number of methoxy groups -OCH3 is 1. The van der Waals surface area contributed by atoms with E-state index in [0.717, 1.165) is 47.4 Å². The average Bonchev–Trinajstić information content (AvgIpc) is 2.90. The van der Waals surface area contributed by atoms with Crippen LogP contribution in [0.4, 0.5) is 11.5 Å². The van der Waals surface area contributed by atoms with E-state index >= 15 is 0 Å². The Labute approximate surface area is 227 Å². The van der Waals surface area contributed by atoms with Gasteiger partial charge >= 0.3 is 0 Å². The highest BCUT2D eigenvalue weighted by atomic mass is 16.5. The molecule has 9 heteroatoms. The minimum Gasteiger partial charge on any atom is -0.495 e. The third kappa shape index (κ3) is 5.82. The van der Waals surface area contributed by atoms with Crippen LogP contribution in [0, 0.1) is 5.41 Å². The zero-order chi connectivity index (χ0) is 27.6. The fourth-order valence-corrected chi connectivity index (χ4v) is 4.21. The number of fused-ring (bicyclic) bond motifs is 1. The highest BCUT2D eigenvalue weighted by molar-refractivity contribution is 6.05. The first-order valence-corrected chi connectivity index (χ1v) is 13.0. The van der Waals surface area contributed by atoms with Crippen LogP contribution in [0.1, 0.15) is 43.1 Å². The molecule has 1 fully saturated rings. The van der Waals surface area contributed by atoms with Crippen LogP contribution >= 0.6 is 0 Å². The third-order valence-electron chi connectivity index (χ3n) is 6.62. The Balaban J connectivity index is 1.41. The standard InChI is InChI=1S/C30H32N6O3/c1-30(2,3)29(38)32-16-19-7-5-8-20(13-19)28(37)33-22-9-10-24-25(15-22)34-26(35-27(24)36-11-6-12-36)21-14-23(39-4)18-31-17-21/h5,7-10,13-15,17-18H,6,11-12,16H2,1-4H3,(H,32,38)(H,33,37). The Kier molecular flexibility index (Phi) is 7.15. The van der Waals surface area contributed by atoms with Gasteiger partial charge in [-0.25, -0.2) is 9.97 Å². The Hall–Kier alpha value is -4.53. The van der Waals surface area contributed by atoms with E-state index in [1.807, 2.05) is 57.2 Å². The number of benzene rings is 2. The third-order valence-corrected chi connectivity index (χ3v) is 6.62. The quantitative estimate of drug-likeness (QED) is 0.357. The fourth-order valence-electron chi connectivity index (χ4n) is 4.21. The molecule has 0 unspecified atom stereocenters. The average molecular weight is 525 g/mol. The van der Waals surface area contributed by atoms with Gasteiger partial charge in [0.05, 0.1) is 18.8 Å². The molecule has 4 aromatic rings. The van der Waals surface area contributed by atoms with Gasteiger partial charge in [-0.3, -0.25) is 14.6 Å². The first-order valence-electron chi connectivity index (χ1n) is 13.0. The Morgan fingerprint density at radius 1 is 1.03 bits per heavy atom. The Morgan fingerprint density at radius 3 is 2.56 bits per heavy atom. The Bertz CT molecular complexity index is 1540. The summed E-state index contributed by atoms with van der Waals surface area (Å²) in [5.41, 5.74) is 2.98. The van der Waals surface area contributed by atoms with E-state index < -0.39 is 5.41 Å². The lowest BCUT2D eigenvalue weighted by Crippen LogP contribution is -2.37. The number of hydrogen-bond donors (Lipinski definition) is 2. The van der Waals surface area contributed by atoms with E-state index in [-0.39, 0.29) is 11.8 Å². The predicted molar refractivity (Wildman–Crippen MR) is 152 cm³/mol. The van der Waals surface area contributed by atoms with E-state index in [9.17, 15) is 9.59 Å². The zero-order valence-electron chi connectivity index (χ0n) is 22.6. The summed E-state index contributed by atoms with van der Waals surface area (Å²) in [6, 6.07) is 14.8. The van der Waals surface area contributed by atoms with Gasteiger partial charge in [-0.15, -0.1) is 0 Å². The van der Waals surface area contributed by atoms with Crippen LogP contribution in [-0.2, 0) is 11.3 Å². The van der Waals surface area contributed by atoms with Crippen molar-refractivity contribution in [1.82, 2.24) is 20.3 Å². The number of ether oxygens (including phenoxy) is 1. The second-order valence-electron chi connectivity index (χ2n) is 10.6. The van der Waals surface area contributed by atoms with Crippen LogP contribution in [0.2, 0.25) is 0 Å². The predicted octanol–water partition coefficient (Wildman–Crippen LogP) is 4.83. The molecule has 39 heavy (non-hydrogen) atoms. The Morgan fingerprint density at radius 2 is 1.85 bits per heavy atom. The molecule has 2 amide bonds. The van der Waals surface area contributed by atoms with E-state index in [4.69, 9.17) is 14.7 Å². The molecule has 200 valence electrons. The van der Waals surface area contributed by atoms with Crippen molar-refractivity contribution in [3.8, 4) is 17.1 Å². The number of hydrogen-bond acceptors (Lipinski definition) is 7. The summed E-state index contributed by atoms with van der Waals surface area (Å²) in [5.74, 6) is 1.75. The maximum absolute atomic E-state index is 13.1. The maximum Gasteiger partial charge on any atom is 0.255 e. The number of amides is 2. The van der Waals surface area contributed by atoms with Crippen LogP contribution in [0.3, 0.4) is 0 Å². The van der Waals surface area contributed by atoms with Crippen molar-refractivity contribution in [3.05, 3.63) is 72.1 Å². The van der Waals surface area contributed by atoms with Crippen LogP contribution in [-0.4, -0.2) is 47.0 Å². The van der Waals surface area contributed by atoms with Gasteiger partial charge in [-0.1, -0.05) is 32.9 Å². The number of carbonyl (C=O) groups is 2. The van der Waals surface area contributed by atoms with E-state index in [2.05, 4.69) is 20.5 Å². The molecule has 1 aliphatic heterocycles. The van der Waals surface area contributed by atoms with Crippen molar-refractivity contribution in [2.75, 3.05) is 30.4 Å². The smallest absolute Gasteiger partial charge is 0.255 e. The number of nitrogens with zero attached hydrogens (tertiary/aromatic N) is 4. The van der Waals surface area contributed by atoms with Gasteiger partial charge in [0.2, 0.25) is 5.91 Å². The van der Waals surface area contributed by atoms with Crippen molar-refractivity contribution in [1.29, 1.82) is 0 Å². The molecule has 1 aliphatic rings. The summed E-state index contributed by atoms with van der Waals surface area (Å²) in [6.07, 6.45) is 4.47. The van der Waals surface area contributed by atoms with Crippen LogP contribution in [0.15, 0.2) is 60.9 Å². The maximum atomic E-state index is 13.1. The van der Waals surface area contributed by atoms with Crippen LogP contribution in [0.5, 0.6) is 5.75 Å². The SMILES string of the molecule is COc1cncc(-c2nc(N3CCC3)c3ccc(NC(=O)c4cccc(CNC(=O)C(C)(C)C)c4)cc3n2)c1. The number of aromatic nitrogens is 3. The highest BCUT2D eigenvalue weighted by Gasteiger charge is 2.22. The molecule has 0 aliphatic carbocycles. The minimum absolute atomic E-state index is 0.0443. The van der Waals surface area contributed by atoms with E-state index in [1.165, 1.54) is 0 Å². The second-order valence-corrected chi connectivity index (χ2v) is 10.6. The first-order chi connectivity index (χ1) is 18.7. The zero-order valence-corrected chi connectivity index (χ0v) is 22.6. The van der Waals surface area contributed by atoms with E-state index in [1.54, 1.807) is 31.6 Å². The monoisotopic (exact) mass is 524 g/mol. The number of rotatable bonds is 7. The van der Waals surface area contributed by atoms with Gasteiger partial charge in [-0.05, 0) is 48.4 Å². The fraction of sp³-hybridized carbons (Fsp3) is 0.300. The van der Waals surface area contributed by atoms with Crippen molar-refractivity contribution < 1.29 is 14.3 Å². The molecule has 9 nitrogen and oxygen atoms in total. The summed E-state index contributed by atoms with van der Waals surface area (Å²) >= 11 is 0.